The van der Waals surface area contributed by atoms with Crippen molar-refractivity contribution in [1.82, 2.24) is 0 Å². The van der Waals surface area contributed by atoms with Crippen molar-refractivity contribution in [3.8, 4) is 5.75 Å². The van der Waals surface area contributed by atoms with Gasteiger partial charge in [-0.3, -0.25) is 0 Å². The van der Waals surface area contributed by atoms with Crippen LogP contribution >= 0.6 is 0 Å². The van der Waals surface area contributed by atoms with Crippen molar-refractivity contribution in [1.29, 1.82) is 0 Å². The highest BCUT2D eigenvalue weighted by Crippen LogP contribution is 2.44. The zero-order valence-corrected chi connectivity index (χ0v) is 19.1. The first-order chi connectivity index (χ1) is 12.5. The molecule has 27 heavy (non-hydrogen) atoms. The highest BCUT2D eigenvalue weighted by molar-refractivity contribution is 5.50. The molecule has 0 unspecified atom stereocenters. The quantitative estimate of drug-likeness (QED) is 0.498. The molecule has 0 atom stereocenters. The lowest BCUT2D eigenvalue weighted by molar-refractivity contribution is 0.301. The molecular formula is C26H44O. The van der Waals surface area contributed by atoms with E-state index in [1.807, 2.05) is 0 Å². The van der Waals surface area contributed by atoms with Crippen LogP contribution in [0.1, 0.15) is 129 Å². The van der Waals surface area contributed by atoms with E-state index in [4.69, 9.17) is 0 Å². The van der Waals surface area contributed by atoms with E-state index < -0.39 is 0 Å². The molecule has 0 bridgehead atoms. The lowest BCUT2D eigenvalue weighted by Crippen LogP contribution is -2.20. The molecule has 154 valence electrons. The van der Waals surface area contributed by atoms with E-state index >= 15 is 0 Å². The minimum absolute atomic E-state index is 0.0312. The molecule has 0 spiro atoms. The molecule has 1 fully saturated rings. The number of hydrogen-bond donors (Lipinski definition) is 1. The number of unbranched alkanes of at least 4 members (excludes halogenated alkanes) is 3. The second-order valence-corrected chi connectivity index (χ2v) is 11.0. The van der Waals surface area contributed by atoms with Crippen molar-refractivity contribution >= 4 is 0 Å². The molecule has 1 nitrogen and oxygen atoms in total. The zero-order valence-electron chi connectivity index (χ0n) is 19.1. The fourth-order valence-corrected chi connectivity index (χ4v) is 4.68. The van der Waals surface area contributed by atoms with Gasteiger partial charge in [-0.05, 0) is 65.0 Å². The summed E-state index contributed by atoms with van der Waals surface area (Å²) in [7, 11) is 0. The van der Waals surface area contributed by atoms with E-state index in [2.05, 4.69) is 60.6 Å². The molecule has 1 aromatic carbocycles. The molecule has 0 aliphatic heterocycles. The Morgan fingerprint density at radius 1 is 0.815 bits per heavy atom. The van der Waals surface area contributed by atoms with Gasteiger partial charge in [0.25, 0.3) is 0 Å². The van der Waals surface area contributed by atoms with Crippen LogP contribution in [0.2, 0.25) is 0 Å². The summed E-state index contributed by atoms with van der Waals surface area (Å²) in [6.45, 7) is 15.6. The van der Waals surface area contributed by atoms with E-state index in [1.54, 1.807) is 0 Å². The number of aromatic hydroxyl groups is 1. The maximum Gasteiger partial charge on any atom is 0.123 e. The summed E-state index contributed by atoms with van der Waals surface area (Å²) >= 11 is 0. The Hall–Kier alpha value is -0.980. The summed E-state index contributed by atoms with van der Waals surface area (Å²) in [5.74, 6) is 2.13. The summed E-state index contributed by atoms with van der Waals surface area (Å²) in [6.07, 6.45) is 12.4. The van der Waals surface area contributed by atoms with E-state index in [0.717, 1.165) is 17.0 Å². The first kappa shape index (κ1) is 22.3. The van der Waals surface area contributed by atoms with Gasteiger partial charge in [0.15, 0.2) is 0 Å². The molecule has 1 aliphatic rings. The smallest absolute Gasteiger partial charge is 0.123 e. The van der Waals surface area contributed by atoms with Gasteiger partial charge in [0.2, 0.25) is 0 Å². The van der Waals surface area contributed by atoms with Crippen molar-refractivity contribution in [3.63, 3.8) is 0 Å². The second-order valence-electron chi connectivity index (χ2n) is 11.0. The average molecular weight is 373 g/mol. The first-order valence-corrected chi connectivity index (χ1v) is 11.4. The number of rotatable bonds is 6. The van der Waals surface area contributed by atoms with E-state index in [9.17, 15) is 5.11 Å². The molecule has 2 rings (SSSR count). The highest BCUT2D eigenvalue weighted by atomic mass is 16.3. The summed E-state index contributed by atoms with van der Waals surface area (Å²) in [4.78, 5) is 0. The molecule has 1 aliphatic carbocycles. The van der Waals surface area contributed by atoms with Crippen molar-refractivity contribution in [2.45, 2.75) is 123 Å². The summed E-state index contributed by atoms with van der Waals surface area (Å²) < 4.78 is 0. The van der Waals surface area contributed by atoms with Crippen LogP contribution < -0.4 is 0 Å². The van der Waals surface area contributed by atoms with Crippen LogP contribution in [0.4, 0.5) is 0 Å². The fourth-order valence-electron chi connectivity index (χ4n) is 4.68. The van der Waals surface area contributed by atoms with Gasteiger partial charge in [0.1, 0.15) is 5.75 Å². The van der Waals surface area contributed by atoms with Gasteiger partial charge in [-0.1, -0.05) is 92.7 Å². The predicted molar refractivity (Wildman–Crippen MR) is 119 cm³/mol. The predicted octanol–water partition coefficient (Wildman–Crippen LogP) is 8.23. The van der Waals surface area contributed by atoms with Gasteiger partial charge < -0.3 is 5.11 Å². The maximum atomic E-state index is 11.0. The van der Waals surface area contributed by atoms with Crippen LogP contribution in [0.15, 0.2) is 12.1 Å². The van der Waals surface area contributed by atoms with Gasteiger partial charge in [-0.15, -0.1) is 0 Å². The molecule has 0 amide bonds. The largest absolute Gasteiger partial charge is 0.507 e. The molecule has 1 heteroatoms. The minimum Gasteiger partial charge on any atom is -0.507 e. The average Bonchev–Trinajstić information content (AvgIpc) is 2.57. The van der Waals surface area contributed by atoms with Crippen LogP contribution in [0.5, 0.6) is 5.75 Å². The SMILES string of the molecule is CCCCCCC1CCC(c2cc(C(C)(C)C)c(O)c(C(C)(C)C)c2)CC1. The Morgan fingerprint density at radius 2 is 1.33 bits per heavy atom. The summed E-state index contributed by atoms with van der Waals surface area (Å²) in [5.41, 5.74) is 3.64. The van der Waals surface area contributed by atoms with Gasteiger partial charge >= 0.3 is 0 Å². The third-order valence-corrected chi connectivity index (χ3v) is 6.53. The normalized spacial score (nSPS) is 21.4. The standard InChI is InChI=1S/C26H44O/c1-8-9-10-11-12-19-13-15-20(16-14-19)21-17-22(25(2,3)4)24(27)23(18-21)26(5,6)7/h17-20,27H,8-16H2,1-7H3. The molecule has 0 radical (unpaired) electrons. The fraction of sp³-hybridized carbons (Fsp3) is 0.769. The molecule has 1 N–H and O–H groups in total. The second kappa shape index (κ2) is 9.01. The zero-order chi connectivity index (χ0) is 20.2. The Balaban J connectivity index is 2.15. The summed E-state index contributed by atoms with van der Waals surface area (Å²) in [6, 6.07) is 4.63. The lowest BCUT2D eigenvalue weighted by Gasteiger charge is -2.33. The monoisotopic (exact) mass is 372 g/mol. The molecule has 0 heterocycles. The van der Waals surface area contributed by atoms with Crippen molar-refractivity contribution in [2.24, 2.45) is 5.92 Å². The molecule has 0 saturated heterocycles. The molecule has 0 aromatic heterocycles. The Morgan fingerprint density at radius 3 is 1.78 bits per heavy atom. The van der Waals surface area contributed by atoms with E-state index in [1.165, 1.54) is 63.4 Å². The lowest BCUT2D eigenvalue weighted by atomic mass is 9.73. The van der Waals surface area contributed by atoms with Crippen molar-refractivity contribution in [2.75, 3.05) is 0 Å². The summed E-state index contributed by atoms with van der Waals surface area (Å²) in [5, 5.41) is 11.0. The van der Waals surface area contributed by atoms with Crippen LogP contribution in [0.3, 0.4) is 0 Å². The maximum absolute atomic E-state index is 11.0. The van der Waals surface area contributed by atoms with E-state index in [-0.39, 0.29) is 10.8 Å². The number of phenols is 1. The number of phenolic OH excluding ortho intramolecular Hbond substituents is 1. The third-order valence-electron chi connectivity index (χ3n) is 6.53. The molecular weight excluding hydrogens is 328 g/mol. The highest BCUT2D eigenvalue weighted by Gasteiger charge is 2.29. The Labute approximate surface area is 169 Å². The molecule has 1 aromatic rings. The van der Waals surface area contributed by atoms with E-state index in [0.29, 0.717) is 11.7 Å². The van der Waals surface area contributed by atoms with Crippen LogP contribution in [0, 0.1) is 5.92 Å². The third kappa shape index (κ3) is 6.00. The van der Waals surface area contributed by atoms with Gasteiger partial charge in [-0.25, -0.2) is 0 Å². The number of benzene rings is 1. The Kier molecular flexibility index (Phi) is 7.45. The van der Waals surface area contributed by atoms with Crippen molar-refractivity contribution in [3.05, 3.63) is 28.8 Å². The van der Waals surface area contributed by atoms with Crippen LogP contribution in [0.25, 0.3) is 0 Å². The van der Waals surface area contributed by atoms with Gasteiger partial charge in [-0.2, -0.15) is 0 Å². The van der Waals surface area contributed by atoms with Crippen molar-refractivity contribution < 1.29 is 5.11 Å². The Bertz CT molecular complexity index is 557. The molecule has 1 saturated carbocycles. The topological polar surface area (TPSA) is 20.2 Å². The van der Waals surface area contributed by atoms with Crippen LogP contribution in [-0.2, 0) is 10.8 Å². The van der Waals surface area contributed by atoms with Gasteiger partial charge in [0, 0.05) is 0 Å². The number of hydrogen-bond acceptors (Lipinski definition) is 1. The van der Waals surface area contributed by atoms with Crippen LogP contribution in [-0.4, -0.2) is 5.11 Å². The van der Waals surface area contributed by atoms with Gasteiger partial charge in [0.05, 0.1) is 0 Å². The first-order valence-electron chi connectivity index (χ1n) is 11.4. The minimum atomic E-state index is -0.0312.